The van der Waals surface area contributed by atoms with Gasteiger partial charge in [0.15, 0.2) is 0 Å². The van der Waals surface area contributed by atoms with Gasteiger partial charge in [0, 0.05) is 50.5 Å². The lowest BCUT2D eigenvalue weighted by molar-refractivity contribution is -0.131. The molecule has 0 saturated carbocycles. The number of benzene rings is 2. The van der Waals surface area contributed by atoms with Crippen LogP contribution < -0.4 is 10.2 Å². The first-order valence-corrected chi connectivity index (χ1v) is 8.99. The van der Waals surface area contributed by atoms with E-state index in [1.807, 2.05) is 17.0 Å². The summed E-state index contributed by atoms with van der Waals surface area (Å²) in [6, 6.07) is 17.9. The molecule has 1 saturated heterocycles. The summed E-state index contributed by atoms with van der Waals surface area (Å²) >= 11 is 0. The quantitative estimate of drug-likeness (QED) is 0.902. The second-order valence-electron chi connectivity index (χ2n) is 6.57. The Bertz CT molecular complexity index is 786. The number of nitrogens with zero attached hydrogens (tertiary/aromatic N) is 3. The Kier molecular flexibility index (Phi) is 5.75. The van der Waals surface area contributed by atoms with Gasteiger partial charge >= 0.3 is 0 Å². The Morgan fingerprint density at radius 3 is 2.50 bits per heavy atom. The van der Waals surface area contributed by atoms with E-state index in [-0.39, 0.29) is 5.91 Å². The molecule has 1 fully saturated rings. The zero-order valence-corrected chi connectivity index (χ0v) is 15.1. The fourth-order valence-corrected chi connectivity index (χ4v) is 3.17. The van der Waals surface area contributed by atoms with E-state index in [2.05, 4.69) is 47.5 Å². The molecule has 0 aromatic heterocycles. The summed E-state index contributed by atoms with van der Waals surface area (Å²) < 4.78 is 0. The summed E-state index contributed by atoms with van der Waals surface area (Å²) in [7, 11) is 0. The Morgan fingerprint density at radius 2 is 1.85 bits per heavy atom. The maximum atomic E-state index is 12.4. The van der Waals surface area contributed by atoms with E-state index in [9.17, 15) is 4.79 Å². The van der Waals surface area contributed by atoms with E-state index in [1.54, 1.807) is 12.1 Å². The molecule has 134 valence electrons. The topological polar surface area (TPSA) is 59.4 Å². The number of carbonyl (C=O) groups excluding carboxylic acids is 1. The van der Waals surface area contributed by atoms with Gasteiger partial charge in [0.2, 0.25) is 5.91 Å². The highest BCUT2D eigenvalue weighted by atomic mass is 16.2. The number of nitrogens with one attached hydrogen (secondary N) is 1. The molecule has 1 heterocycles. The first-order chi connectivity index (χ1) is 12.7. The lowest BCUT2D eigenvalue weighted by Crippen LogP contribution is -2.49. The van der Waals surface area contributed by atoms with Crippen molar-refractivity contribution in [3.05, 3.63) is 59.7 Å². The third kappa shape index (κ3) is 4.54. The van der Waals surface area contributed by atoms with Crippen LogP contribution in [0.5, 0.6) is 0 Å². The molecule has 1 amide bonds. The number of hydrogen-bond donors (Lipinski definition) is 1. The molecular weight excluding hydrogens is 324 g/mol. The molecule has 1 N–H and O–H groups in total. The van der Waals surface area contributed by atoms with Gasteiger partial charge in [-0.15, -0.1) is 0 Å². The Balaban J connectivity index is 1.42. The van der Waals surface area contributed by atoms with Crippen LogP contribution in [0, 0.1) is 18.3 Å². The van der Waals surface area contributed by atoms with Gasteiger partial charge in [0.05, 0.1) is 11.6 Å². The SMILES string of the molecule is Cc1cccc(N2CCN(C(=O)CCNc3ccc(C#N)cc3)CC2)c1. The van der Waals surface area contributed by atoms with Crippen molar-refractivity contribution in [1.82, 2.24) is 4.90 Å². The van der Waals surface area contributed by atoms with Crippen molar-refractivity contribution < 1.29 is 4.79 Å². The molecule has 0 spiro atoms. The molecule has 0 radical (unpaired) electrons. The molecule has 0 unspecified atom stereocenters. The molecular formula is C21H24N4O. The minimum atomic E-state index is 0.190. The van der Waals surface area contributed by atoms with Crippen molar-refractivity contribution in [2.45, 2.75) is 13.3 Å². The van der Waals surface area contributed by atoms with Crippen LogP contribution in [0.25, 0.3) is 0 Å². The summed E-state index contributed by atoms with van der Waals surface area (Å²) in [5.41, 5.74) is 4.06. The summed E-state index contributed by atoms with van der Waals surface area (Å²) in [5.74, 6) is 0.190. The summed E-state index contributed by atoms with van der Waals surface area (Å²) in [4.78, 5) is 16.7. The van der Waals surface area contributed by atoms with Crippen LogP contribution in [0.15, 0.2) is 48.5 Å². The van der Waals surface area contributed by atoms with Crippen molar-refractivity contribution in [3.63, 3.8) is 0 Å². The monoisotopic (exact) mass is 348 g/mol. The van der Waals surface area contributed by atoms with Gasteiger partial charge in [-0.2, -0.15) is 5.26 Å². The van der Waals surface area contributed by atoms with Gasteiger partial charge < -0.3 is 15.1 Å². The smallest absolute Gasteiger partial charge is 0.224 e. The summed E-state index contributed by atoms with van der Waals surface area (Å²) in [5, 5.41) is 12.0. The number of anilines is 2. The fraction of sp³-hybridized carbons (Fsp3) is 0.333. The van der Waals surface area contributed by atoms with E-state index in [0.717, 1.165) is 31.9 Å². The van der Waals surface area contributed by atoms with Gasteiger partial charge in [0.25, 0.3) is 0 Å². The lowest BCUT2D eigenvalue weighted by atomic mass is 10.2. The maximum absolute atomic E-state index is 12.4. The number of rotatable bonds is 5. The van der Waals surface area contributed by atoms with Crippen molar-refractivity contribution in [1.29, 1.82) is 5.26 Å². The highest BCUT2D eigenvalue weighted by molar-refractivity contribution is 5.77. The molecule has 1 aliphatic rings. The first kappa shape index (κ1) is 17.8. The van der Waals surface area contributed by atoms with E-state index in [4.69, 9.17) is 5.26 Å². The van der Waals surface area contributed by atoms with Crippen LogP contribution in [-0.4, -0.2) is 43.5 Å². The fourth-order valence-electron chi connectivity index (χ4n) is 3.17. The average molecular weight is 348 g/mol. The second kappa shape index (κ2) is 8.39. The van der Waals surface area contributed by atoms with Crippen molar-refractivity contribution in [2.24, 2.45) is 0 Å². The highest BCUT2D eigenvalue weighted by Gasteiger charge is 2.20. The molecule has 0 bridgehead atoms. The van der Waals surface area contributed by atoms with Crippen molar-refractivity contribution in [2.75, 3.05) is 42.9 Å². The van der Waals surface area contributed by atoms with E-state index in [0.29, 0.717) is 18.5 Å². The summed E-state index contributed by atoms with van der Waals surface area (Å²) in [6.45, 7) is 5.98. The predicted molar refractivity (Wildman–Crippen MR) is 104 cm³/mol. The van der Waals surface area contributed by atoms with Crippen molar-refractivity contribution in [3.8, 4) is 6.07 Å². The van der Waals surface area contributed by atoms with Crippen LogP contribution in [0.3, 0.4) is 0 Å². The number of hydrogen-bond acceptors (Lipinski definition) is 4. The highest BCUT2D eigenvalue weighted by Crippen LogP contribution is 2.18. The van der Waals surface area contributed by atoms with E-state index in [1.165, 1.54) is 11.3 Å². The van der Waals surface area contributed by atoms with Gasteiger partial charge in [-0.1, -0.05) is 12.1 Å². The molecule has 0 atom stereocenters. The lowest BCUT2D eigenvalue weighted by Gasteiger charge is -2.36. The molecule has 2 aromatic rings. The third-order valence-corrected chi connectivity index (χ3v) is 4.68. The van der Waals surface area contributed by atoms with Gasteiger partial charge in [-0.25, -0.2) is 0 Å². The van der Waals surface area contributed by atoms with Gasteiger partial charge in [-0.05, 0) is 48.9 Å². The number of aryl methyl sites for hydroxylation is 1. The van der Waals surface area contributed by atoms with Crippen LogP contribution in [0.4, 0.5) is 11.4 Å². The molecule has 3 rings (SSSR count). The number of carbonyl (C=O) groups is 1. The van der Waals surface area contributed by atoms with Crippen LogP contribution in [-0.2, 0) is 4.79 Å². The minimum absolute atomic E-state index is 0.190. The number of amides is 1. The molecule has 5 heteroatoms. The molecule has 0 aliphatic carbocycles. The Morgan fingerprint density at radius 1 is 1.12 bits per heavy atom. The molecule has 26 heavy (non-hydrogen) atoms. The van der Waals surface area contributed by atoms with E-state index >= 15 is 0 Å². The van der Waals surface area contributed by atoms with Gasteiger partial charge in [-0.3, -0.25) is 4.79 Å². The third-order valence-electron chi connectivity index (χ3n) is 4.68. The van der Waals surface area contributed by atoms with Crippen LogP contribution in [0.1, 0.15) is 17.5 Å². The van der Waals surface area contributed by atoms with E-state index < -0.39 is 0 Å². The normalized spacial score (nSPS) is 14.0. The van der Waals surface area contributed by atoms with Crippen LogP contribution in [0.2, 0.25) is 0 Å². The number of piperazine rings is 1. The second-order valence-corrected chi connectivity index (χ2v) is 6.57. The summed E-state index contributed by atoms with van der Waals surface area (Å²) in [6.07, 6.45) is 0.477. The Hall–Kier alpha value is -3.00. The predicted octanol–water partition coefficient (Wildman–Crippen LogP) is 3.02. The molecule has 2 aromatic carbocycles. The first-order valence-electron chi connectivity index (χ1n) is 8.99. The molecule has 1 aliphatic heterocycles. The maximum Gasteiger partial charge on any atom is 0.224 e. The zero-order chi connectivity index (χ0) is 18.4. The van der Waals surface area contributed by atoms with Crippen molar-refractivity contribution >= 4 is 17.3 Å². The number of nitriles is 1. The Labute approximate surface area is 154 Å². The van der Waals surface area contributed by atoms with Gasteiger partial charge in [0.1, 0.15) is 0 Å². The average Bonchev–Trinajstić information content (AvgIpc) is 2.68. The standard InChI is InChI=1S/C21H24N4O/c1-17-3-2-4-20(15-17)24-11-13-25(14-12-24)21(26)9-10-23-19-7-5-18(16-22)6-8-19/h2-8,15,23H,9-14H2,1H3. The minimum Gasteiger partial charge on any atom is -0.385 e. The van der Waals surface area contributed by atoms with Crippen LogP contribution >= 0.6 is 0 Å². The zero-order valence-electron chi connectivity index (χ0n) is 15.1. The largest absolute Gasteiger partial charge is 0.385 e. The molecule has 5 nitrogen and oxygen atoms in total.